The van der Waals surface area contributed by atoms with Gasteiger partial charge in [-0.15, -0.1) is 0 Å². The minimum Gasteiger partial charge on any atom is -0.334 e. The molecular formula is C22H29NO. The second kappa shape index (κ2) is 10.6. The minimum atomic E-state index is 0.263. The Balaban J connectivity index is 1.95. The van der Waals surface area contributed by atoms with E-state index in [1.165, 1.54) is 30.4 Å². The number of hydrogen-bond acceptors (Lipinski definition) is 1. The lowest BCUT2D eigenvalue weighted by Gasteiger charge is -2.23. The normalized spacial score (nSPS) is 10.5. The van der Waals surface area contributed by atoms with Crippen molar-refractivity contribution in [3.8, 4) is 0 Å². The molecule has 0 aliphatic heterocycles. The van der Waals surface area contributed by atoms with Crippen molar-refractivity contribution in [3.63, 3.8) is 0 Å². The van der Waals surface area contributed by atoms with E-state index in [2.05, 4.69) is 31.2 Å². The molecule has 0 heterocycles. The molecule has 1 amide bonds. The SMILES string of the molecule is CCCCCCCC(=O)N(Cc1ccccc1)Cc1ccccc1. The summed E-state index contributed by atoms with van der Waals surface area (Å²) in [6.45, 7) is 3.58. The number of benzene rings is 2. The molecular weight excluding hydrogens is 294 g/mol. The number of amides is 1. The van der Waals surface area contributed by atoms with Gasteiger partial charge in [0, 0.05) is 19.5 Å². The second-order valence-corrected chi connectivity index (χ2v) is 6.39. The molecule has 0 unspecified atom stereocenters. The van der Waals surface area contributed by atoms with Crippen molar-refractivity contribution in [2.75, 3.05) is 0 Å². The standard InChI is InChI=1S/C22H29NO/c1-2-3-4-5-12-17-22(24)23(18-20-13-8-6-9-14-20)19-21-15-10-7-11-16-21/h6-11,13-16H,2-5,12,17-19H2,1H3. The maximum atomic E-state index is 12.7. The molecule has 0 bridgehead atoms. The summed E-state index contributed by atoms with van der Waals surface area (Å²) in [7, 11) is 0. The highest BCUT2D eigenvalue weighted by atomic mass is 16.2. The summed E-state index contributed by atoms with van der Waals surface area (Å²) < 4.78 is 0. The van der Waals surface area contributed by atoms with Crippen molar-refractivity contribution in [2.45, 2.75) is 58.5 Å². The predicted octanol–water partition coefficient (Wildman–Crippen LogP) is 5.58. The zero-order valence-electron chi connectivity index (χ0n) is 14.8. The van der Waals surface area contributed by atoms with Crippen LogP contribution in [0.1, 0.15) is 56.6 Å². The molecule has 2 nitrogen and oxygen atoms in total. The molecule has 0 radical (unpaired) electrons. The van der Waals surface area contributed by atoms with Gasteiger partial charge in [0.2, 0.25) is 5.91 Å². The Kier molecular flexibility index (Phi) is 8.09. The first-order chi connectivity index (χ1) is 11.8. The van der Waals surface area contributed by atoms with Crippen LogP contribution in [-0.4, -0.2) is 10.8 Å². The minimum absolute atomic E-state index is 0.263. The monoisotopic (exact) mass is 323 g/mol. The van der Waals surface area contributed by atoms with Crippen LogP contribution in [0.3, 0.4) is 0 Å². The molecule has 0 aromatic heterocycles. The molecule has 2 heteroatoms. The molecule has 0 saturated heterocycles. The van der Waals surface area contributed by atoms with E-state index in [1.54, 1.807) is 0 Å². The Hall–Kier alpha value is -2.09. The fraction of sp³-hybridized carbons (Fsp3) is 0.409. The van der Waals surface area contributed by atoms with Gasteiger partial charge in [0.05, 0.1) is 0 Å². The molecule has 0 atom stereocenters. The Morgan fingerprint density at radius 2 is 1.25 bits per heavy atom. The fourth-order valence-corrected chi connectivity index (χ4v) is 2.88. The summed E-state index contributed by atoms with van der Waals surface area (Å²) in [6, 6.07) is 20.5. The first kappa shape index (κ1) is 18.3. The van der Waals surface area contributed by atoms with Crippen LogP contribution in [0.5, 0.6) is 0 Å². The van der Waals surface area contributed by atoms with Crippen molar-refractivity contribution in [2.24, 2.45) is 0 Å². The quantitative estimate of drug-likeness (QED) is 0.523. The third-order valence-electron chi connectivity index (χ3n) is 4.28. The average Bonchev–Trinajstić information content (AvgIpc) is 2.62. The maximum Gasteiger partial charge on any atom is 0.223 e. The topological polar surface area (TPSA) is 20.3 Å². The van der Waals surface area contributed by atoms with Gasteiger partial charge in [0.25, 0.3) is 0 Å². The van der Waals surface area contributed by atoms with Gasteiger partial charge in [0.15, 0.2) is 0 Å². The van der Waals surface area contributed by atoms with E-state index in [9.17, 15) is 4.79 Å². The summed E-state index contributed by atoms with van der Waals surface area (Å²) in [5.41, 5.74) is 2.38. The highest BCUT2D eigenvalue weighted by molar-refractivity contribution is 5.76. The summed E-state index contributed by atoms with van der Waals surface area (Å²) in [4.78, 5) is 14.7. The summed E-state index contributed by atoms with van der Waals surface area (Å²) in [6.07, 6.45) is 6.56. The largest absolute Gasteiger partial charge is 0.334 e. The van der Waals surface area contributed by atoms with Gasteiger partial charge in [-0.05, 0) is 17.5 Å². The highest BCUT2D eigenvalue weighted by Crippen LogP contribution is 2.14. The number of carbonyl (C=O) groups is 1. The second-order valence-electron chi connectivity index (χ2n) is 6.39. The van der Waals surface area contributed by atoms with Gasteiger partial charge in [-0.25, -0.2) is 0 Å². The van der Waals surface area contributed by atoms with Crippen LogP contribution in [0.4, 0.5) is 0 Å². The molecule has 2 rings (SSSR count). The lowest BCUT2D eigenvalue weighted by Crippen LogP contribution is -2.29. The van der Waals surface area contributed by atoms with Crippen molar-refractivity contribution in [3.05, 3.63) is 71.8 Å². The van der Waals surface area contributed by atoms with E-state index in [4.69, 9.17) is 0 Å². The lowest BCUT2D eigenvalue weighted by molar-refractivity contribution is -0.132. The molecule has 2 aromatic rings. The third-order valence-corrected chi connectivity index (χ3v) is 4.28. The smallest absolute Gasteiger partial charge is 0.223 e. The molecule has 0 spiro atoms. The van der Waals surface area contributed by atoms with E-state index in [0.717, 1.165) is 12.8 Å². The number of unbranched alkanes of at least 4 members (excludes halogenated alkanes) is 4. The number of hydrogen-bond donors (Lipinski definition) is 0. The van der Waals surface area contributed by atoms with Crippen LogP contribution in [0.15, 0.2) is 60.7 Å². The van der Waals surface area contributed by atoms with Gasteiger partial charge in [-0.1, -0.05) is 93.3 Å². The molecule has 0 saturated carbocycles. The van der Waals surface area contributed by atoms with Crippen molar-refractivity contribution in [1.29, 1.82) is 0 Å². The number of carbonyl (C=O) groups excluding carboxylic acids is 1. The molecule has 0 aliphatic carbocycles. The van der Waals surface area contributed by atoms with Crippen molar-refractivity contribution in [1.82, 2.24) is 4.90 Å². The summed E-state index contributed by atoms with van der Waals surface area (Å²) in [5.74, 6) is 0.263. The third kappa shape index (κ3) is 6.57. The van der Waals surface area contributed by atoms with Crippen LogP contribution in [0.25, 0.3) is 0 Å². The predicted molar refractivity (Wildman–Crippen MR) is 101 cm³/mol. The van der Waals surface area contributed by atoms with E-state index in [0.29, 0.717) is 19.5 Å². The van der Waals surface area contributed by atoms with Gasteiger partial charge < -0.3 is 4.90 Å². The Morgan fingerprint density at radius 1 is 0.750 bits per heavy atom. The maximum absolute atomic E-state index is 12.7. The summed E-state index contributed by atoms with van der Waals surface area (Å²) >= 11 is 0. The molecule has 0 N–H and O–H groups in total. The Morgan fingerprint density at radius 3 is 1.75 bits per heavy atom. The first-order valence-electron chi connectivity index (χ1n) is 9.15. The van der Waals surface area contributed by atoms with E-state index in [1.807, 2.05) is 41.3 Å². The Labute approximate surface area is 146 Å². The first-order valence-corrected chi connectivity index (χ1v) is 9.15. The van der Waals surface area contributed by atoms with Gasteiger partial charge in [-0.2, -0.15) is 0 Å². The van der Waals surface area contributed by atoms with Crippen molar-refractivity contribution >= 4 is 5.91 Å². The molecule has 24 heavy (non-hydrogen) atoms. The van der Waals surface area contributed by atoms with Gasteiger partial charge in [-0.3, -0.25) is 4.79 Å². The molecule has 0 aliphatic rings. The highest BCUT2D eigenvalue weighted by Gasteiger charge is 2.14. The van der Waals surface area contributed by atoms with Crippen LogP contribution in [0.2, 0.25) is 0 Å². The Bertz CT molecular complexity index is 538. The van der Waals surface area contributed by atoms with Crippen LogP contribution in [0, 0.1) is 0 Å². The number of rotatable bonds is 10. The molecule has 2 aromatic carbocycles. The van der Waals surface area contributed by atoms with Gasteiger partial charge >= 0.3 is 0 Å². The lowest BCUT2D eigenvalue weighted by atomic mass is 10.1. The number of nitrogens with zero attached hydrogens (tertiary/aromatic N) is 1. The van der Waals surface area contributed by atoms with Gasteiger partial charge in [0.1, 0.15) is 0 Å². The van der Waals surface area contributed by atoms with E-state index >= 15 is 0 Å². The van der Waals surface area contributed by atoms with Crippen LogP contribution >= 0.6 is 0 Å². The average molecular weight is 323 g/mol. The molecule has 128 valence electrons. The van der Waals surface area contributed by atoms with Crippen molar-refractivity contribution < 1.29 is 4.79 Å². The van der Waals surface area contributed by atoms with Crippen LogP contribution in [-0.2, 0) is 17.9 Å². The van der Waals surface area contributed by atoms with E-state index < -0.39 is 0 Å². The van der Waals surface area contributed by atoms with E-state index in [-0.39, 0.29) is 5.91 Å². The zero-order valence-corrected chi connectivity index (χ0v) is 14.8. The van der Waals surface area contributed by atoms with Crippen LogP contribution < -0.4 is 0 Å². The zero-order chi connectivity index (χ0) is 17.0. The fourth-order valence-electron chi connectivity index (χ4n) is 2.88. The summed E-state index contributed by atoms with van der Waals surface area (Å²) in [5, 5.41) is 0. The molecule has 0 fully saturated rings.